The van der Waals surface area contributed by atoms with Gasteiger partial charge in [-0.3, -0.25) is 14.5 Å². The molecule has 0 spiro atoms. The lowest BCUT2D eigenvalue weighted by Crippen LogP contribution is -2.61. The van der Waals surface area contributed by atoms with E-state index in [4.69, 9.17) is 0 Å². The smallest absolute Gasteiger partial charge is 0.150 e. The van der Waals surface area contributed by atoms with Crippen LogP contribution in [0.15, 0.2) is 0 Å². The molecule has 0 aliphatic rings. The van der Waals surface area contributed by atoms with E-state index in [1.54, 1.807) is 32.8 Å². The molecule has 4 nitrogen and oxygen atoms in total. The van der Waals surface area contributed by atoms with Crippen LogP contribution in [-0.2, 0) is 9.59 Å². The Morgan fingerprint density at radius 3 is 0.804 bits per heavy atom. The van der Waals surface area contributed by atoms with Crippen molar-refractivity contribution in [2.45, 2.75) is 239 Å². The molecule has 0 aromatic carbocycles. The number of aliphatic hydroxyl groups is 1. The third-order valence-electron chi connectivity index (χ3n) is 10.9. The first-order chi connectivity index (χ1) is 22.2. The molecule has 0 aliphatic carbocycles. The molecule has 46 heavy (non-hydrogen) atoms. The number of hydrogen-bond donors (Lipinski definition) is 1. The number of carbonyl (C=O) groups is 2. The molecule has 4 heteroatoms. The number of rotatable bonds is 36. The van der Waals surface area contributed by atoms with E-state index in [-0.39, 0.29) is 11.6 Å². The van der Waals surface area contributed by atoms with Crippen LogP contribution in [0.25, 0.3) is 0 Å². The highest BCUT2D eigenvalue weighted by molar-refractivity contribution is 6.07. The maximum atomic E-state index is 13.5. The standard InChI is InChI=1S/C42H83NO3/c1-7-9-11-13-15-17-19-21-23-25-27-29-31-33-35-37-39(44)41(3,42(4,46)43(5)6)40(45)38-36-34-32-30-28-26-24-22-20-18-16-14-12-10-8-2/h46H,7-38H2,1-6H3. The summed E-state index contributed by atoms with van der Waals surface area (Å²) in [4.78, 5) is 28.7. The van der Waals surface area contributed by atoms with Gasteiger partial charge in [0.05, 0.1) is 0 Å². The van der Waals surface area contributed by atoms with Crippen molar-refractivity contribution in [1.29, 1.82) is 0 Å². The monoisotopic (exact) mass is 650 g/mol. The minimum absolute atomic E-state index is 0.0909. The Kier molecular flexibility index (Phi) is 29.8. The zero-order valence-corrected chi connectivity index (χ0v) is 32.3. The maximum absolute atomic E-state index is 13.5. The first-order valence-electron chi connectivity index (χ1n) is 20.6. The van der Waals surface area contributed by atoms with Gasteiger partial charge >= 0.3 is 0 Å². The van der Waals surface area contributed by atoms with Gasteiger partial charge in [-0.2, -0.15) is 0 Å². The van der Waals surface area contributed by atoms with Gasteiger partial charge in [0.1, 0.15) is 22.7 Å². The fourth-order valence-electron chi connectivity index (χ4n) is 6.94. The molecule has 1 unspecified atom stereocenters. The van der Waals surface area contributed by atoms with E-state index in [0.29, 0.717) is 12.8 Å². The van der Waals surface area contributed by atoms with E-state index in [1.165, 1.54) is 154 Å². The van der Waals surface area contributed by atoms with Crippen LogP contribution in [-0.4, -0.2) is 41.4 Å². The highest BCUT2D eigenvalue weighted by Gasteiger charge is 2.54. The predicted molar refractivity (Wildman–Crippen MR) is 202 cm³/mol. The van der Waals surface area contributed by atoms with Gasteiger partial charge in [0, 0.05) is 12.8 Å². The van der Waals surface area contributed by atoms with Crippen molar-refractivity contribution < 1.29 is 14.7 Å². The van der Waals surface area contributed by atoms with Crippen LogP contribution in [0.3, 0.4) is 0 Å². The molecule has 0 aliphatic heterocycles. The number of carbonyl (C=O) groups excluding carboxylic acids is 2. The Morgan fingerprint density at radius 1 is 0.413 bits per heavy atom. The Balaban J connectivity index is 4.17. The van der Waals surface area contributed by atoms with E-state index in [0.717, 1.165) is 38.5 Å². The summed E-state index contributed by atoms with van der Waals surface area (Å²) in [7, 11) is 3.53. The number of unbranched alkanes of at least 4 members (excludes halogenated alkanes) is 28. The van der Waals surface area contributed by atoms with Crippen LogP contribution in [0.2, 0.25) is 0 Å². The second-order valence-electron chi connectivity index (χ2n) is 15.3. The molecule has 274 valence electrons. The first kappa shape index (κ1) is 45.3. The SMILES string of the molecule is CCCCCCCCCCCCCCCCCC(=O)C(C)(C(=O)CCCCCCCCCCCCCCCCC)C(C)(O)N(C)C. The van der Waals surface area contributed by atoms with Crippen LogP contribution in [0.1, 0.15) is 233 Å². The summed E-state index contributed by atoms with van der Waals surface area (Å²) in [6, 6.07) is 0. The van der Waals surface area contributed by atoms with Crippen molar-refractivity contribution in [1.82, 2.24) is 4.90 Å². The Bertz CT molecular complexity index is 655. The topological polar surface area (TPSA) is 57.6 Å². The summed E-state index contributed by atoms with van der Waals surface area (Å²) in [6.07, 6.45) is 39.4. The van der Waals surface area contributed by atoms with E-state index < -0.39 is 11.1 Å². The van der Waals surface area contributed by atoms with Crippen molar-refractivity contribution >= 4 is 11.6 Å². The molecule has 0 saturated carbocycles. The number of nitrogens with zero attached hydrogens (tertiary/aromatic N) is 1. The molecule has 0 amide bonds. The normalized spacial score (nSPS) is 13.4. The van der Waals surface area contributed by atoms with Crippen molar-refractivity contribution in [3.63, 3.8) is 0 Å². The van der Waals surface area contributed by atoms with Crippen molar-refractivity contribution in [3.8, 4) is 0 Å². The van der Waals surface area contributed by atoms with Crippen LogP contribution < -0.4 is 0 Å². The number of Topliss-reactive ketones (excluding diaryl/α,β-unsaturated/α-hetero) is 2. The predicted octanol–water partition coefficient (Wildman–Crippen LogP) is 12.9. The van der Waals surface area contributed by atoms with Gasteiger partial charge in [-0.15, -0.1) is 0 Å². The third-order valence-corrected chi connectivity index (χ3v) is 10.9. The highest BCUT2D eigenvalue weighted by Crippen LogP contribution is 2.38. The fraction of sp³-hybridized carbons (Fsp3) is 0.952. The first-order valence-corrected chi connectivity index (χ1v) is 20.6. The van der Waals surface area contributed by atoms with E-state index >= 15 is 0 Å². The van der Waals surface area contributed by atoms with Crippen LogP contribution in [0.5, 0.6) is 0 Å². The molecule has 1 N–H and O–H groups in total. The lowest BCUT2D eigenvalue weighted by Gasteiger charge is -2.44. The number of hydrogen-bond acceptors (Lipinski definition) is 4. The molecule has 0 fully saturated rings. The summed E-state index contributed by atoms with van der Waals surface area (Å²) < 4.78 is 0. The summed E-state index contributed by atoms with van der Waals surface area (Å²) >= 11 is 0. The third kappa shape index (κ3) is 21.3. The molecule has 0 aromatic rings. The van der Waals surface area contributed by atoms with Gasteiger partial charge in [0.15, 0.2) is 0 Å². The van der Waals surface area contributed by atoms with E-state index in [1.807, 2.05) is 0 Å². The lowest BCUT2D eigenvalue weighted by atomic mass is 9.69. The Hall–Kier alpha value is -0.740. The molecular formula is C42H83NO3. The second kappa shape index (κ2) is 30.3. The van der Waals surface area contributed by atoms with Gasteiger partial charge < -0.3 is 5.11 Å². The summed E-state index contributed by atoms with van der Waals surface area (Å²) in [5, 5.41) is 11.4. The van der Waals surface area contributed by atoms with E-state index in [2.05, 4.69) is 13.8 Å². The molecule has 0 rings (SSSR count). The molecule has 0 radical (unpaired) electrons. The summed E-state index contributed by atoms with van der Waals surface area (Å²) in [5.41, 5.74) is -2.88. The number of ketones is 2. The largest absolute Gasteiger partial charge is 0.374 e. The molecule has 0 heterocycles. The van der Waals surface area contributed by atoms with Crippen LogP contribution in [0.4, 0.5) is 0 Å². The molecule has 1 atom stereocenters. The quantitative estimate of drug-likeness (QED) is 0.0417. The Morgan fingerprint density at radius 2 is 0.609 bits per heavy atom. The second-order valence-corrected chi connectivity index (χ2v) is 15.3. The van der Waals surface area contributed by atoms with E-state index in [9.17, 15) is 14.7 Å². The Labute approximate surface area is 289 Å². The van der Waals surface area contributed by atoms with Crippen molar-refractivity contribution in [3.05, 3.63) is 0 Å². The van der Waals surface area contributed by atoms with Gasteiger partial charge in [-0.1, -0.05) is 194 Å². The minimum Gasteiger partial charge on any atom is -0.374 e. The maximum Gasteiger partial charge on any atom is 0.150 e. The van der Waals surface area contributed by atoms with Crippen LogP contribution in [0, 0.1) is 5.41 Å². The minimum atomic E-state index is -1.49. The summed E-state index contributed by atoms with van der Waals surface area (Å²) in [6.45, 7) is 7.90. The zero-order valence-electron chi connectivity index (χ0n) is 32.3. The van der Waals surface area contributed by atoms with Gasteiger partial charge in [0.2, 0.25) is 0 Å². The lowest BCUT2D eigenvalue weighted by molar-refractivity contribution is -0.181. The zero-order chi connectivity index (χ0) is 34.4. The molecule has 0 bridgehead atoms. The summed E-state index contributed by atoms with van der Waals surface area (Å²) in [5.74, 6) is -0.182. The average molecular weight is 650 g/mol. The average Bonchev–Trinajstić information content (AvgIpc) is 3.03. The van der Waals surface area contributed by atoms with Gasteiger partial charge in [-0.05, 0) is 40.8 Å². The van der Waals surface area contributed by atoms with Gasteiger partial charge in [0.25, 0.3) is 0 Å². The highest BCUT2D eigenvalue weighted by atomic mass is 16.3. The van der Waals surface area contributed by atoms with Crippen molar-refractivity contribution in [2.24, 2.45) is 5.41 Å². The van der Waals surface area contributed by atoms with Crippen molar-refractivity contribution in [2.75, 3.05) is 14.1 Å². The molecule has 0 saturated heterocycles. The van der Waals surface area contributed by atoms with Crippen LogP contribution >= 0.6 is 0 Å². The molecule has 0 aromatic heterocycles. The van der Waals surface area contributed by atoms with Gasteiger partial charge in [-0.25, -0.2) is 0 Å². The fourth-order valence-corrected chi connectivity index (χ4v) is 6.94. The molecular weight excluding hydrogens is 566 g/mol.